The second-order valence-corrected chi connectivity index (χ2v) is 9.19. The fourth-order valence-electron chi connectivity index (χ4n) is 3.94. The van der Waals surface area contributed by atoms with Gasteiger partial charge in [-0.15, -0.1) is 11.3 Å². The second-order valence-electron chi connectivity index (χ2n) is 8.21. The number of nitrogens with zero attached hydrogens (tertiary/aromatic N) is 1. The van der Waals surface area contributed by atoms with Gasteiger partial charge in [-0.2, -0.15) is 0 Å². The third-order valence-corrected chi connectivity index (χ3v) is 6.82. The Labute approximate surface area is 198 Å². The standard InChI is InChI=1S/C25H33N3O4S/c1-3-21(22-10-7-15-33-22)27-25(31)20-17-28(13-14-32-2)16-19(23(20)29)24(30)26-12-11-18-8-5-4-6-9-18/h7-8,10,15-17,21H,3-6,9,11-14H2,1-2H3,(H,26,30)(H,27,31). The predicted molar refractivity (Wildman–Crippen MR) is 131 cm³/mol. The molecule has 0 aromatic carbocycles. The van der Waals surface area contributed by atoms with Crippen molar-refractivity contribution in [2.45, 2.75) is 58.0 Å². The van der Waals surface area contributed by atoms with Crippen LogP contribution in [-0.2, 0) is 11.3 Å². The molecule has 178 valence electrons. The minimum Gasteiger partial charge on any atom is -0.383 e. The zero-order chi connectivity index (χ0) is 23.6. The van der Waals surface area contributed by atoms with Gasteiger partial charge in [0.15, 0.2) is 0 Å². The zero-order valence-electron chi connectivity index (χ0n) is 19.4. The smallest absolute Gasteiger partial charge is 0.257 e. The summed E-state index contributed by atoms with van der Waals surface area (Å²) in [6.07, 6.45) is 11.3. The maximum Gasteiger partial charge on any atom is 0.257 e. The molecule has 33 heavy (non-hydrogen) atoms. The Morgan fingerprint density at radius 1 is 1.21 bits per heavy atom. The molecule has 1 unspecified atom stereocenters. The normalized spacial score (nSPS) is 14.4. The van der Waals surface area contributed by atoms with Crippen LogP contribution in [0.4, 0.5) is 0 Å². The molecule has 2 N–H and O–H groups in total. The highest BCUT2D eigenvalue weighted by molar-refractivity contribution is 7.10. The van der Waals surface area contributed by atoms with Crippen molar-refractivity contribution in [1.29, 1.82) is 0 Å². The highest BCUT2D eigenvalue weighted by Gasteiger charge is 2.22. The molecule has 1 aliphatic rings. The molecule has 2 amide bonds. The van der Waals surface area contributed by atoms with Crippen molar-refractivity contribution in [3.8, 4) is 0 Å². The summed E-state index contributed by atoms with van der Waals surface area (Å²) in [5.41, 5.74) is 0.729. The number of nitrogens with one attached hydrogen (secondary N) is 2. The molecular formula is C25H33N3O4S. The van der Waals surface area contributed by atoms with Crippen LogP contribution in [0.5, 0.6) is 0 Å². The molecule has 2 aromatic heterocycles. The first-order valence-electron chi connectivity index (χ1n) is 11.6. The Balaban J connectivity index is 1.78. The van der Waals surface area contributed by atoms with Crippen LogP contribution in [0.3, 0.4) is 0 Å². The largest absolute Gasteiger partial charge is 0.383 e. The summed E-state index contributed by atoms with van der Waals surface area (Å²) in [4.78, 5) is 40.1. The number of pyridine rings is 1. The van der Waals surface area contributed by atoms with Crippen LogP contribution in [0.2, 0.25) is 0 Å². The molecule has 0 radical (unpaired) electrons. The number of rotatable bonds is 11. The monoisotopic (exact) mass is 471 g/mol. The lowest BCUT2D eigenvalue weighted by atomic mass is 9.97. The van der Waals surface area contributed by atoms with Gasteiger partial charge in [0.2, 0.25) is 5.43 Å². The van der Waals surface area contributed by atoms with Crippen LogP contribution in [0.15, 0.2) is 46.4 Å². The lowest BCUT2D eigenvalue weighted by Gasteiger charge is -2.17. The van der Waals surface area contributed by atoms with Gasteiger partial charge < -0.3 is 19.9 Å². The van der Waals surface area contributed by atoms with Gasteiger partial charge in [-0.25, -0.2) is 0 Å². The minimum absolute atomic E-state index is 0.0273. The highest BCUT2D eigenvalue weighted by Crippen LogP contribution is 2.22. The molecular weight excluding hydrogens is 438 g/mol. The number of allylic oxidation sites excluding steroid dienone is 1. The molecule has 0 aliphatic heterocycles. The van der Waals surface area contributed by atoms with Gasteiger partial charge in [-0.1, -0.05) is 24.6 Å². The van der Waals surface area contributed by atoms with Crippen LogP contribution in [-0.4, -0.2) is 36.6 Å². The van der Waals surface area contributed by atoms with E-state index >= 15 is 0 Å². The molecule has 0 bridgehead atoms. The van der Waals surface area contributed by atoms with Crippen molar-refractivity contribution in [1.82, 2.24) is 15.2 Å². The summed E-state index contributed by atoms with van der Waals surface area (Å²) in [7, 11) is 1.58. The summed E-state index contributed by atoms with van der Waals surface area (Å²) in [5, 5.41) is 7.76. The van der Waals surface area contributed by atoms with Crippen molar-refractivity contribution in [3.63, 3.8) is 0 Å². The molecule has 0 saturated carbocycles. The first-order valence-corrected chi connectivity index (χ1v) is 12.4. The minimum atomic E-state index is -0.559. The molecule has 0 fully saturated rings. The molecule has 2 aromatic rings. The van der Waals surface area contributed by atoms with Crippen LogP contribution < -0.4 is 16.1 Å². The van der Waals surface area contributed by atoms with Crippen molar-refractivity contribution in [2.24, 2.45) is 0 Å². The van der Waals surface area contributed by atoms with E-state index in [1.165, 1.54) is 30.8 Å². The van der Waals surface area contributed by atoms with Crippen molar-refractivity contribution < 1.29 is 14.3 Å². The van der Waals surface area contributed by atoms with Crippen molar-refractivity contribution in [2.75, 3.05) is 20.3 Å². The summed E-state index contributed by atoms with van der Waals surface area (Å²) in [6.45, 7) is 3.26. The molecule has 1 atom stereocenters. The van der Waals surface area contributed by atoms with Gasteiger partial charge in [0.1, 0.15) is 11.1 Å². The first-order chi connectivity index (χ1) is 16.0. The molecule has 0 saturated heterocycles. The van der Waals surface area contributed by atoms with Crippen LogP contribution in [0.1, 0.15) is 77.1 Å². The molecule has 3 rings (SSSR count). The van der Waals surface area contributed by atoms with Gasteiger partial charge in [-0.3, -0.25) is 14.4 Å². The first kappa shape index (κ1) is 24.9. The van der Waals surface area contributed by atoms with E-state index in [9.17, 15) is 14.4 Å². The summed E-state index contributed by atoms with van der Waals surface area (Å²) in [6, 6.07) is 3.70. The third kappa shape index (κ3) is 6.88. The quantitative estimate of drug-likeness (QED) is 0.484. The fourth-order valence-corrected chi connectivity index (χ4v) is 4.81. The van der Waals surface area contributed by atoms with Gasteiger partial charge in [-0.05, 0) is 50.0 Å². The summed E-state index contributed by atoms with van der Waals surface area (Å²) < 4.78 is 6.81. The molecule has 1 aliphatic carbocycles. The number of amides is 2. The summed E-state index contributed by atoms with van der Waals surface area (Å²) in [5.74, 6) is -0.934. The number of carbonyl (C=O) groups excluding carboxylic acids is 2. The number of ether oxygens (including phenoxy) is 1. The van der Waals surface area contributed by atoms with E-state index in [2.05, 4.69) is 16.7 Å². The lowest BCUT2D eigenvalue weighted by Crippen LogP contribution is -2.37. The van der Waals surface area contributed by atoms with E-state index in [0.29, 0.717) is 26.1 Å². The topological polar surface area (TPSA) is 89.4 Å². The molecule has 8 heteroatoms. The van der Waals surface area contributed by atoms with E-state index in [1.54, 1.807) is 23.0 Å². The number of methoxy groups -OCH3 is 1. The maximum absolute atomic E-state index is 13.1. The Morgan fingerprint density at radius 2 is 2.00 bits per heavy atom. The van der Waals surface area contributed by atoms with Gasteiger partial charge >= 0.3 is 0 Å². The van der Waals surface area contributed by atoms with Crippen molar-refractivity contribution >= 4 is 23.2 Å². The molecule has 0 spiro atoms. The zero-order valence-corrected chi connectivity index (χ0v) is 20.2. The van der Waals surface area contributed by atoms with Gasteiger partial charge in [0.05, 0.1) is 12.6 Å². The van der Waals surface area contributed by atoms with E-state index < -0.39 is 17.2 Å². The number of carbonyl (C=O) groups is 2. The van der Waals surface area contributed by atoms with E-state index in [4.69, 9.17) is 4.74 Å². The highest BCUT2D eigenvalue weighted by atomic mass is 32.1. The Bertz CT molecular complexity index is 1030. The number of aromatic nitrogens is 1. The Hall–Kier alpha value is -2.71. The van der Waals surface area contributed by atoms with Crippen LogP contribution in [0.25, 0.3) is 0 Å². The van der Waals surface area contributed by atoms with Gasteiger partial charge in [0.25, 0.3) is 11.8 Å². The SMILES string of the molecule is CCC(NC(=O)c1cn(CCOC)cc(C(=O)NCCC2=CCCCC2)c1=O)c1cccs1. The summed E-state index contributed by atoms with van der Waals surface area (Å²) >= 11 is 1.56. The molecule has 7 nitrogen and oxygen atoms in total. The van der Waals surface area contributed by atoms with Gasteiger partial charge in [0, 0.05) is 37.5 Å². The third-order valence-electron chi connectivity index (χ3n) is 5.84. The predicted octanol–water partition coefficient (Wildman–Crippen LogP) is 4.06. The molecule has 2 heterocycles. The average molecular weight is 472 g/mol. The van der Waals surface area contributed by atoms with Crippen LogP contribution >= 0.6 is 11.3 Å². The second kappa shape index (κ2) is 12.5. The van der Waals surface area contributed by atoms with E-state index in [0.717, 1.165) is 24.1 Å². The van der Waals surface area contributed by atoms with Crippen LogP contribution in [0, 0.1) is 0 Å². The fraction of sp³-hybridized carbons (Fsp3) is 0.480. The number of hydrogen-bond donors (Lipinski definition) is 2. The number of hydrogen-bond acceptors (Lipinski definition) is 5. The lowest BCUT2D eigenvalue weighted by molar-refractivity contribution is 0.0934. The Morgan fingerprint density at radius 3 is 2.64 bits per heavy atom. The number of thiophene rings is 1. The Kier molecular flexibility index (Phi) is 9.45. The van der Waals surface area contributed by atoms with Crippen molar-refractivity contribution in [3.05, 3.63) is 67.8 Å². The van der Waals surface area contributed by atoms with E-state index in [1.807, 2.05) is 24.4 Å². The van der Waals surface area contributed by atoms with E-state index in [-0.39, 0.29) is 17.2 Å². The maximum atomic E-state index is 13.1. The average Bonchev–Trinajstić information content (AvgIpc) is 3.37.